The van der Waals surface area contributed by atoms with Crippen molar-refractivity contribution in [1.82, 2.24) is 0 Å². The lowest BCUT2D eigenvalue weighted by Gasteiger charge is -2.26. The van der Waals surface area contributed by atoms with E-state index >= 15 is 0 Å². The topological polar surface area (TPSA) is 40.5 Å². The number of rotatable bonds is 2. The van der Waals surface area contributed by atoms with Crippen molar-refractivity contribution in [3.8, 4) is 0 Å². The van der Waals surface area contributed by atoms with E-state index < -0.39 is 0 Å². The van der Waals surface area contributed by atoms with Gasteiger partial charge in [0.25, 0.3) is 0 Å². The molecule has 0 amide bonds. The highest BCUT2D eigenvalue weighted by Gasteiger charge is 2.51. The molecule has 14 heavy (non-hydrogen) atoms. The normalized spacial score (nSPS) is 45.0. The monoisotopic (exact) mass is 194 g/mol. The summed E-state index contributed by atoms with van der Waals surface area (Å²) in [5.41, 5.74) is 2.35. The molecule has 3 aliphatic carbocycles. The molecule has 2 fully saturated rings. The molecule has 4 unspecified atom stereocenters. The van der Waals surface area contributed by atoms with Crippen LogP contribution in [0.3, 0.4) is 0 Å². The second-order valence-electron chi connectivity index (χ2n) is 5.17. The van der Waals surface area contributed by atoms with E-state index in [1.54, 1.807) is 0 Å². The van der Waals surface area contributed by atoms with Crippen molar-refractivity contribution in [2.24, 2.45) is 23.7 Å². The van der Waals surface area contributed by atoms with Crippen LogP contribution < -0.4 is 0 Å². The van der Waals surface area contributed by atoms with Gasteiger partial charge in [-0.2, -0.15) is 0 Å². The van der Waals surface area contributed by atoms with E-state index in [0.717, 1.165) is 29.7 Å². The Morgan fingerprint density at radius 3 is 2.57 bits per heavy atom. The van der Waals surface area contributed by atoms with Crippen LogP contribution in [0, 0.1) is 23.7 Å². The van der Waals surface area contributed by atoms with Gasteiger partial charge in [-0.25, -0.2) is 0 Å². The third kappa shape index (κ3) is 0.986. The number of aliphatic hydroxyl groups is 2. The fourth-order valence-corrected chi connectivity index (χ4v) is 4.28. The molecule has 0 radical (unpaired) electrons. The molecule has 2 bridgehead atoms. The molecule has 3 aliphatic rings. The number of hydrogen-bond acceptors (Lipinski definition) is 2. The van der Waals surface area contributed by atoms with Crippen LogP contribution in [-0.2, 0) is 0 Å². The zero-order chi connectivity index (χ0) is 9.71. The van der Waals surface area contributed by atoms with Gasteiger partial charge < -0.3 is 10.2 Å². The average molecular weight is 194 g/mol. The summed E-state index contributed by atoms with van der Waals surface area (Å²) < 4.78 is 0. The van der Waals surface area contributed by atoms with Crippen LogP contribution in [0.1, 0.15) is 25.7 Å². The summed E-state index contributed by atoms with van der Waals surface area (Å²) in [7, 11) is 0. The average Bonchev–Trinajstić information content (AvgIpc) is 2.87. The minimum atomic E-state index is 0.169. The Hall–Kier alpha value is -0.340. The number of fused-ring (bicyclic) bond motifs is 5. The molecule has 0 aromatic carbocycles. The van der Waals surface area contributed by atoms with Crippen LogP contribution in [0.15, 0.2) is 11.1 Å². The maximum absolute atomic E-state index is 9.37. The molecule has 0 saturated heterocycles. The molecule has 0 aromatic rings. The standard InChI is InChI=1S/C12H18O2/c13-5-9-4-10-7-1-2-8(3-7)12(10)11(9)6-14/h7-8,10,12-14H,1-6H2. The third-order valence-electron chi connectivity index (χ3n) is 4.79. The van der Waals surface area contributed by atoms with Crippen LogP contribution in [0.25, 0.3) is 0 Å². The first-order valence-corrected chi connectivity index (χ1v) is 5.77. The first-order chi connectivity index (χ1) is 6.85. The van der Waals surface area contributed by atoms with Gasteiger partial charge in [-0.3, -0.25) is 0 Å². The molecule has 3 rings (SSSR count). The smallest absolute Gasteiger partial charge is 0.0648 e. The third-order valence-corrected chi connectivity index (χ3v) is 4.79. The maximum atomic E-state index is 9.37. The second kappa shape index (κ2) is 3.07. The molecule has 0 heterocycles. The predicted molar refractivity (Wildman–Crippen MR) is 53.6 cm³/mol. The van der Waals surface area contributed by atoms with Gasteiger partial charge in [0, 0.05) is 0 Å². The fraction of sp³-hybridized carbons (Fsp3) is 0.833. The van der Waals surface area contributed by atoms with Gasteiger partial charge in [-0.1, -0.05) is 0 Å². The van der Waals surface area contributed by atoms with Crippen molar-refractivity contribution >= 4 is 0 Å². The van der Waals surface area contributed by atoms with E-state index in [9.17, 15) is 10.2 Å². The Balaban J connectivity index is 1.93. The van der Waals surface area contributed by atoms with Crippen LogP contribution in [-0.4, -0.2) is 23.4 Å². The molecule has 78 valence electrons. The quantitative estimate of drug-likeness (QED) is 0.651. The summed E-state index contributed by atoms with van der Waals surface area (Å²) >= 11 is 0. The SMILES string of the molecule is OCC1=C(CO)C2C3CCC(C3)C2C1. The maximum Gasteiger partial charge on any atom is 0.0648 e. The molecule has 2 N–H and O–H groups in total. The molecule has 0 spiro atoms. The second-order valence-corrected chi connectivity index (χ2v) is 5.17. The fourth-order valence-electron chi connectivity index (χ4n) is 4.28. The molecule has 2 heteroatoms. The Morgan fingerprint density at radius 2 is 1.86 bits per heavy atom. The predicted octanol–water partition coefficient (Wildman–Crippen LogP) is 1.33. The van der Waals surface area contributed by atoms with Gasteiger partial charge in [0.2, 0.25) is 0 Å². The first kappa shape index (κ1) is 8.93. The molecular weight excluding hydrogens is 176 g/mol. The van der Waals surface area contributed by atoms with Crippen molar-refractivity contribution in [2.75, 3.05) is 13.2 Å². The summed E-state index contributed by atoms with van der Waals surface area (Å²) in [6.07, 6.45) is 5.20. The molecule has 0 aromatic heterocycles. The molecular formula is C12H18O2. The zero-order valence-corrected chi connectivity index (χ0v) is 8.45. The van der Waals surface area contributed by atoms with E-state index in [1.165, 1.54) is 24.8 Å². The Bertz CT molecular complexity index is 282. The minimum Gasteiger partial charge on any atom is -0.392 e. The minimum absolute atomic E-state index is 0.169. The van der Waals surface area contributed by atoms with Crippen molar-refractivity contribution in [1.29, 1.82) is 0 Å². The summed E-state index contributed by atoms with van der Waals surface area (Å²) in [4.78, 5) is 0. The highest BCUT2D eigenvalue weighted by atomic mass is 16.3. The summed E-state index contributed by atoms with van der Waals surface area (Å²) in [6.45, 7) is 0.350. The highest BCUT2D eigenvalue weighted by molar-refractivity contribution is 5.30. The Kier molecular flexibility index (Phi) is 1.96. The highest BCUT2D eigenvalue weighted by Crippen LogP contribution is 2.60. The molecule has 4 atom stereocenters. The van der Waals surface area contributed by atoms with Crippen molar-refractivity contribution in [2.45, 2.75) is 25.7 Å². The first-order valence-electron chi connectivity index (χ1n) is 5.77. The van der Waals surface area contributed by atoms with Crippen molar-refractivity contribution < 1.29 is 10.2 Å². The van der Waals surface area contributed by atoms with Crippen LogP contribution in [0.4, 0.5) is 0 Å². The van der Waals surface area contributed by atoms with Gasteiger partial charge in [0.05, 0.1) is 13.2 Å². The van der Waals surface area contributed by atoms with Crippen molar-refractivity contribution in [3.63, 3.8) is 0 Å². The molecule has 2 saturated carbocycles. The van der Waals surface area contributed by atoms with Gasteiger partial charge in [-0.05, 0) is 60.5 Å². The van der Waals surface area contributed by atoms with Crippen LogP contribution >= 0.6 is 0 Å². The lowest BCUT2D eigenvalue weighted by Crippen LogP contribution is -2.20. The summed E-state index contributed by atoms with van der Waals surface area (Å²) in [6, 6.07) is 0. The van der Waals surface area contributed by atoms with Gasteiger partial charge >= 0.3 is 0 Å². The van der Waals surface area contributed by atoms with Gasteiger partial charge in [0.15, 0.2) is 0 Å². The van der Waals surface area contributed by atoms with Gasteiger partial charge in [0.1, 0.15) is 0 Å². The number of aliphatic hydroxyl groups excluding tert-OH is 2. The Labute approximate surface area is 84.6 Å². The zero-order valence-electron chi connectivity index (χ0n) is 8.45. The Morgan fingerprint density at radius 1 is 1.07 bits per heavy atom. The van der Waals surface area contributed by atoms with E-state index in [0.29, 0.717) is 5.92 Å². The molecule has 2 nitrogen and oxygen atoms in total. The summed E-state index contributed by atoms with van der Waals surface area (Å²) in [5, 5.41) is 18.6. The lowest BCUT2D eigenvalue weighted by molar-refractivity contribution is 0.244. The van der Waals surface area contributed by atoms with Crippen molar-refractivity contribution in [3.05, 3.63) is 11.1 Å². The van der Waals surface area contributed by atoms with E-state index in [-0.39, 0.29) is 13.2 Å². The number of hydrogen-bond donors (Lipinski definition) is 2. The largest absolute Gasteiger partial charge is 0.392 e. The van der Waals surface area contributed by atoms with E-state index in [1.807, 2.05) is 0 Å². The van der Waals surface area contributed by atoms with E-state index in [2.05, 4.69) is 0 Å². The molecule has 0 aliphatic heterocycles. The van der Waals surface area contributed by atoms with Crippen LogP contribution in [0.5, 0.6) is 0 Å². The summed E-state index contributed by atoms with van der Waals surface area (Å²) in [5.74, 6) is 3.14. The lowest BCUT2D eigenvalue weighted by atomic mass is 9.79. The van der Waals surface area contributed by atoms with Crippen LogP contribution in [0.2, 0.25) is 0 Å². The van der Waals surface area contributed by atoms with Gasteiger partial charge in [-0.15, -0.1) is 0 Å². The van der Waals surface area contributed by atoms with E-state index in [4.69, 9.17) is 0 Å².